The highest BCUT2D eigenvalue weighted by Gasteiger charge is 2.46. The van der Waals surface area contributed by atoms with Crippen LogP contribution in [0.4, 0.5) is 0 Å². The zero-order valence-corrected chi connectivity index (χ0v) is 13.1. The van der Waals surface area contributed by atoms with Crippen molar-refractivity contribution in [1.29, 1.82) is 0 Å². The van der Waals surface area contributed by atoms with Crippen molar-refractivity contribution in [3.05, 3.63) is 6.33 Å². The largest absolute Gasteiger partial charge is 0.468 e. The Bertz CT molecular complexity index is 465. The van der Waals surface area contributed by atoms with Gasteiger partial charge in [0.2, 0.25) is 0 Å². The predicted octanol–water partition coefficient (Wildman–Crippen LogP) is 1.37. The highest BCUT2D eigenvalue weighted by atomic mass is 32.2. The van der Waals surface area contributed by atoms with Crippen LogP contribution in [-0.2, 0) is 16.6 Å². The van der Waals surface area contributed by atoms with E-state index in [1.165, 1.54) is 7.11 Å². The molecule has 1 aliphatic rings. The van der Waals surface area contributed by atoms with Crippen molar-refractivity contribution in [3.8, 4) is 0 Å². The third-order valence-corrected chi connectivity index (χ3v) is 5.02. The fourth-order valence-electron chi connectivity index (χ4n) is 2.61. The van der Waals surface area contributed by atoms with Gasteiger partial charge >= 0.3 is 5.97 Å². The van der Waals surface area contributed by atoms with Gasteiger partial charge in [0.25, 0.3) is 0 Å². The number of esters is 1. The molecule has 6 nitrogen and oxygen atoms in total. The van der Waals surface area contributed by atoms with Gasteiger partial charge in [-0.2, -0.15) is 0 Å². The lowest BCUT2D eigenvalue weighted by atomic mass is 9.97. The molecule has 2 rings (SSSR count). The normalized spacial score (nSPS) is 25.9. The zero-order chi connectivity index (χ0) is 14.6. The molecule has 1 aliphatic carbocycles. The average molecular weight is 298 g/mol. The molecule has 1 saturated carbocycles. The molecule has 0 amide bonds. The Kier molecular flexibility index (Phi) is 5.04. The number of carbonyl (C=O) groups is 1. The summed E-state index contributed by atoms with van der Waals surface area (Å²) in [5.41, 5.74) is -0.527. The maximum Gasteiger partial charge on any atom is 0.326 e. The molecule has 112 valence electrons. The number of nitrogens with zero attached hydrogens (tertiary/aromatic N) is 3. The van der Waals surface area contributed by atoms with Gasteiger partial charge in [-0.15, -0.1) is 10.2 Å². The summed E-state index contributed by atoms with van der Waals surface area (Å²) < 4.78 is 6.90. The van der Waals surface area contributed by atoms with Crippen LogP contribution in [0.3, 0.4) is 0 Å². The quantitative estimate of drug-likeness (QED) is 0.800. The number of carbonyl (C=O) groups excluding carboxylic acids is 1. The molecule has 1 fully saturated rings. The highest BCUT2D eigenvalue weighted by molar-refractivity contribution is 7.99. The fraction of sp³-hybridized carbons (Fsp3) is 0.769. The van der Waals surface area contributed by atoms with Crippen molar-refractivity contribution in [3.63, 3.8) is 0 Å². The van der Waals surface area contributed by atoms with E-state index in [2.05, 4.69) is 22.4 Å². The first-order valence-corrected chi connectivity index (χ1v) is 7.83. The summed E-state index contributed by atoms with van der Waals surface area (Å²) in [5.74, 6) is -0.146. The zero-order valence-electron chi connectivity index (χ0n) is 12.3. The van der Waals surface area contributed by atoms with E-state index in [9.17, 15) is 4.79 Å². The smallest absolute Gasteiger partial charge is 0.326 e. The van der Waals surface area contributed by atoms with Crippen molar-refractivity contribution in [2.75, 3.05) is 13.7 Å². The molecule has 0 aromatic carbocycles. The second-order valence-corrected chi connectivity index (χ2v) is 6.48. The SMILES string of the molecule is CCCNC1(C(=O)OC)CCC(Sc2nncn2C)C1. The second kappa shape index (κ2) is 6.58. The van der Waals surface area contributed by atoms with Crippen molar-refractivity contribution in [2.24, 2.45) is 7.05 Å². The Morgan fingerprint density at radius 2 is 2.50 bits per heavy atom. The van der Waals surface area contributed by atoms with Gasteiger partial charge in [0, 0.05) is 12.3 Å². The maximum absolute atomic E-state index is 12.1. The van der Waals surface area contributed by atoms with Crippen LogP contribution in [0.1, 0.15) is 32.6 Å². The van der Waals surface area contributed by atoms with Crippen LogP contribution in [-0.4, -0.2) is 45.2 Å². The van der Waals surface area contributed by atoms with Crippen molar-refractivity contribution >= 4 is 17.7 Å². The van der Waals surface area contributed by atoms with E-state index in [1.54, 1.807) is 18.1 Å². The monoisotopic (exact) mass is 298 g/mol. The molecule has 7 heteroatoms. The van der Waals surface area contributed by atoms with Crippen LogP contribution in [0.25, 0.3) is 0 Å². The van der Waals surface area contributed by atoms with E-state index in [1.807, 2.05) is 11.6 Å². The van der Waals surface area contributed by atoms with E-state index in [-0.39, 0.29) is 5.97 Å². The van der Waals surface area contributed by atoms with Crippen LogP contribution >= 0.6 is 11.8 Å². The van der Waals surface area contributed by atoms with Gasteiger partial charge in [0.05, 0.1) is 7.11 Å². The van der Waals surface area contributed by atoms with Gasteiger partial charge in [-0.05, 0) is 32.2 Å². The van der Waals surface area contributed by atoms with Crippen LogP contribution in [0.5, 0.6) is 0 Å². The first kappa shape index (κ1) is 15.3. The van der Waals surface area contributed by atoms with E-state index in [0.29, 0.717) is 5.25 Å². The van der Waals surface area contributed by atoms with Crippen molar-refractivity contribution < 1.29 is 9.53 Å². The Morgan fingerprint density at radius 3 is 3.10 bits per heavy atom. The van der Waals surface area contributed by atoms with Gasteiger partial charge in [-0.3, -0.25) is 4.79 Å². The standard InChI is InChI=1S/C13H22N4O2S/c1-4-7-14-13(11(18)19-3)6-5-10(8-13)20-12-16-15-9-17(12)2/h9-10,14H,4-8H2,1-3H3. The number of rotatable bonds is 6. The number of methoxy groups -OCH3 is 1. The predicted molar refractivity (Wildman–Crippen MR) is 77.5 cm³/mol. The third-order valence-electron chi connectivity index (χ3n) is 3.70. The van der Waals surface area contributed by atoms with E-state index in [0.717, 1.165) is 37.4 Å². The third kappa shape index (κ3) is 3.15. The first-order chi connectivity index (χ1) is 9.61. The Balaban J connectivity index is 2.03. The van der Waals surface area contributed by atoms with Crippen molar-refractivity contribution in [1.82, 2.24) is 20.1 Å². The first-order valence-electron chi connectivity index (χ1n) is 6.95. The summed E-state index contributed by atoms with van der Waals surface area (Å²) in [4.78, 5) is 12.1. The molecule has 0 spiro atoms. The number of nitrogens with one attached hydrogen (secondary N) is 1. The minimum Gasteiger partial charge on any atom is -0.468 e. The second-order valence-electron chi connectivity index (χ2n) is 5.21. The van der Waals surface area contributed by atoms with Crippen LogP contribution in [0, 0.1) is 0 Å². The van der Waals surface area contributed by atoms with Gasteiger partial charge in [-0.25, -0.2) is 0 Å². The summed E-state index contributed by atoms with van der Waals surface area (Å²) in [5, 5.41) is 12.6. The molecular formula is C13H22N4O2S. The molecule has 20 heavy (non-hydrogen) atoms. The number of hydrogen-bond donors (Lipinski definition) is 1. The lowest BCUT2D eigenvalue weighted by Gasteiger charge is -2.27. The minimum absolute atomic E-state index is 0.146. The summed E-state index contributed by atoms with van der Waals surface area (Å²) in [6.45, 7) is 2.93. The van der Waals surface area contributed by atoms with E-state index >= 15 is 0 Å². The highest BCUT2D eigenvalue weighted by Crippen LogP contribution is 2.40. The molecule has 0 bridgehead atoms. The number of thioether (sulfide) groups is 1. The number of ether oxygens (including phenoxy) is 1. The van der Waals surface area contributed by atoms with E-state index < -0.39 is 5.54 Å². The summed E-state index contributed by atoms with van der Waals surface area (Å²) in [6.07, 6.45) is 5.26. The van der Waals surface area contributed by atoms with Crippen LogP contribution in [0.15, 0.2) is 11.5 Å². The Morgan fingerprint density at radius 1 is 1.70 bits per heavy atom. The lowest BCUT2D eigenvalue weighted by Crippen LogP contribution is -2.51. The molecule has 0 aliphatic heterocycles. The molecular weight excluding hydrogens is 276 g/mol. The molecule has 1 aromatic rings. The maximum atomic E-state index is 12.1. The number of hydrogen-bond acceptors (Lipinski definition) is 6. The lowest BCUT2D eigenvalue weighted by molar-refractivity contribution is -0.148. The minimum atomic E-state index is -0.527. The van der Waals surface area contributed by atoms with Gasteiger partial charge in [0.1, 0.15) is 11.9 Å². The summed E-state index contributed by atoms with van der Waals surface area (Å²) in [6, 6.07) is 0. The molecule has 0 radical (unpaired) electrons. The average Bonchev–Trinajstić information content (AvgIpc) is 3.04. The van der Waals surface area contributed by atoms with Crippen LogP contribution < -0.4 is 5.32 Å². The topological polar surface area (TPSA) is 69.0 Å². The van der Waals surface area contributed by atoms with Crippen molar-refractivity contribution in [2.45, 2.75) is 48.6 Å². The number of aromatic nitrogens is 3. The van der Waals surface area contributed by atoms with Gasteiger partial charge < -0.3 is 14.6 Å². The molecule has 0 saturated heterocycles. The van der Waals surface area contributed by atoms with Gasteiger partial charge in [-0.1, -0.05) is 18.7 Å². The van der Waals surface area contributed by atoms with Crippen LogP contribution in [0.2, 0.25) is 0 Å². The number of aryl methyl sites for hydroxylation is 1. The molecule has 1 N–H and O–H groups in total. The summed E-state index contributed by atoms with van der Waals surface area (Å²) >= 11 is 1.69. The summed E-state index contributed by atoms with van der Waals surface area (Å²) in [7, 11) is 3.39. The Hall–Kier alpha value is -1.08. The van der Waals surface area contributed by atoms with Gasteiger partial charge in [0.15, 0.2) is 5.16 Å². The molecule has 2 unspecified atom stereocenters. The van der Waals surface area contributed by atoms with E-state index in [4.69, 9.17) is 4.74 Å². The molecule has 1 aromatic heterocycles. The molecule has 1 heterocycles. The Labute approximate surface area is 123 Å². The molecule has 2 atom stereocenters. The fourth-order valence-corrected chi connectivity index (χ4v) is 3.82.